The number of carbonyl (C=O) groups excluding carboxylic acids is 2. The van der Waals surface area contributed by atoms with Crippen molar-refractivity contribution in [3.05, 3.63) is 64.4 Å². The van der Waals surface area contributed by atoms with Crippen LogP contribution in [0.1, 0.15) is 54.7 Å². The molecule has 1 atom stereocenters. The highest BCUT2D eigenvalue weighted by molar-refractivity contribution is 9.10. The molecule has 1 unspecified atom stereocenters. The van der Waals surface area contributed by atoms with Crippen LogP contribution in [0.25, 0.3) is 0 Å². The van der Waals surface area contributed by atoms with Gasteiger partial charge in [0.25, 0.3) is 0 Å². The third-order valence-corrected chi connectivity index (χ3v) is 5.02. The van der Waals surface area contributed by atoms with Gasteiger partial charge in [-0.25, -0.2) is 0 Å². The highest BCUT2D eigenvalue weighted by Gasteiger charge is 2.36. The molecule has 0 saturated heterocycles. The van der Waals surface area contributed by atoms with E-state index in [0.29, 0.717) is 5.56 Å². The van der Waals surface area contributed by atoms with Gasteiger partial charge >= 0.3 is 0 Å². The lowest BCUT2D eigenvalue weighted by Crippen LogP contribution is -2.36. The first-order valence-electron chi connectivity index (χ1n) is 8.57. The molecular weight excluding hydrogens is 380 g/mol. The van der Waals surface area contributed by atoms with E-state index in [9.17, 15) is 9.59 Å². The lowest BCUT2D eigenvalue weighted by Gasteiger charge is -2.29. The minimum Gasteiger partial charge on any atom is -0.331 e. The van der Waals surface area contributed by atoms with Crippen molar-refractivity contribution in [2.45, 2.75) is 44.7 Å². The zero-order chi connectivity index (χ0) is 17.8. The molecule has 0 bridgehead atoms. The molecule has 1 fully saturated rings. The first kappa shape index (κ1) is 17.8. The van der Waals surface area contributed by atoms with E-state index in [2.05, 4.69) is 20.9 Å². The summed E-state index contributed by atoms with van der Waals surface area (Å²) in [5.41, 5.74) is 1.54. The van der Waals surface area contributed by atoms with Gasteiger partial charge in [0.1, 0.15) is 0 Å². The summed E-state index contributed by atoms with van der Waals surface area (Å²) in [5, 5.41) is 0. The number of benzene rings is 1. The molecule has 25 heavy (non-hydrogen) atoms. The smallest absolute Gasteiger partial charge is 0.223 e. The summed E-state index contributed by atoms with van der Waals surface area (Å²) in [4.78, 5) is 31.4. The molecule has 3 rings (SSSR count). The van der Waals surface area contributed by atoms with Gasteiger partial charge in [-0.1, -0.05) is 34.1 Å². The number of carbonyl (C=O) groups is 2. The first-order valence-corrected chi connectivity index (χ1v) is 9.36. The lowest BCUT2D eigenvalue weighted by molar-refractivity contribution is -0.134. The Hall–Kier alpha value is -2.01. The standard InChI is InChI=1S/C20H21BrN2O2/c1-14(18-4-2-3-13-22-18)23(17-9-10-17)20(25)12-11-19(24)15-5-7-16(21)8-6-15/h2-8,13-14,17H,9-12H2,1H3. The fourth-order valence-corrected chi connectivity index (χ4v) is 3.25. The van der Waals surface area contributed by atoms with Gasteiger partial charge in [0.05, 0.1) is 11.7 Å². The summed E-state index contributed by atoms with van der Waals surface area (Å²) in [6.07, 6.45) is 4.28. The number of halogens is 1. The summed E-state index contributed by atoms with van der Waals surface area (Å²) < 4.78 is 0.934. The average molecular weight is 401 g/mol. The van der Waals surface area contributed by atoms with E-state index in [1.165, 1.54) is 0 Å². The van der Waals surface area contributed by atoms with E-state index in [1.54, 1.807) is 18.3 Å². The number of ketones is 1. The molecule has 1 saturated carbocycles. The minimum atomic E-state index is -0.0658. The van der Waals surface area contributed by atoms with Gasteiger partial charge in [0.15, 0.2) is 5.78 Å². The third-order valence-electron chi connectivity index (χ3n) is 4.49. The van der Waals surface area contributed by atoms with Crippen LogP contribution in [0.15, 0.2) is 53.1 Å². The molecule has 1 amide bonds. The zero-order valence-electron chi connectivity index (χ0n) is 14.2. The average Bonchev–Trinajstić information content (AvgIpc) is 3.46. The predicted molar refractivity (Wildman–Crippen MR) is 100 cm³/mol. The molecule has 5 heteroatoms. The molecule has 0 radical (unpaired) electrons. The van der Waals surface area contributed by atoms with Crippen LogP contribution in [0.3, 0.4) is 0 Å². The minimum absolute atomic E-state index is 0.00193. The van der Waals surface area contributed by atoms with Gasteiger partial charge in [-0.15, -0.1) is 0 Å². The maximum atomic E-state index is 12.8. The molecule has 4 nitrogen and oxygen atoms in total. The lowest BCUT2D eigenvalue weighted by atomic mass is 10.1. The zero-order valence-corrected chi connectivity index (χ0v) is 15.8. The van der Waals surface area contributed by atoms with Crippen LogP contribution in [-0.4, -0.2) is 27.6 Å². The highest BCUT2D eigenvalue weighted by Crippen LogP contribution is 2.34. The largest absolute Gasteiger partial charge is 0.331 e. The van der Waals surface area contributed by atoms with Gasteiger partial charge in [-0.2, -0.15) is 0 Å². The summed E-state index contributed by atoms with van der Waals surface area (Å²) in [6, 6.07) is 13.2. The van der Waals surface area contributed by atoms with Crippen molar-refractivity contribution in [3.63, 3.8) is 0 Å². The van der Waals surface area contributed by atoms with Crippen LogP contribution in [0.5, 0.6) is 0 Å². The number of nitrogens with zero attached hydrogens (tertiary/aromatic N) is 2. The number of hydrogen-bond donors (Lipinski definition) is 0. The second-order valence-corrected chi connectivity index (χ2v) is 7.31. The highest BCUT2D eigenvalue weighted by atomic mass is 79.9. The quantitative estimate of drug-likeness (QED) is 0.640. The van der Waals surface area contributed by atoms with Crippen LogP contribution < -0.4 is 0 Å². The fourth-order valence-electron chi connectivity index (χ4n) is 2.98. The van der Waals surface area contributed by atoms with E-state index < -0.39 is 0 Å². The summed E-state index contributed by atoms with van der Waals surface area (Å²) in [6.45, 7) is 2.01. The Morgan fingerprint density at radius 2 is 1.88 bits per heavy atom. The molecule has 1 aliphatic carbocycles. The van der Waals surface area contributed by atoms with Gasteiger partial charge in [0, 0.05) is 35.1 Å². The van der Waals surface area contributed by atoms with E-state index in [0.717, 1.165) is 23.0 Å². The van der Waals surface area contributed by atoms with Gasteiger partial charge in [-0.05, 0) is 44.0 Å². The molecule has 0 aliphatic heterocycles. The van der Waals surface area contributed by atoms with Crippen molar-refractivity contribution in [3.8, 4) is 0 Å². The number of pyridine rings is 1. The Morgan fingerprint density at radius 1 is 1.16 bits per heavy atom. The van der Waals surface area contributed by atoms with Gasteiger partial charge in [0.2, 0.25) is 5.91 Å². The number of rotatable bonds is 7. The number of hydrogen-bond acceptors (Lipinski definition) is 3. The SMILES string of the molecule is CC(c1ccccn1)N(C(=O)CCC(=O)c1ccc(Br)cc1)C1CC1. The second kappa shape index (κ2) is 7.91. The summed E-state index contributed by atoms with van der Waals surface area (Å²) >= 11 is 3.36. The molecule has 1 aromatic heterocycles. The van der Waals surface area contributed by atoms with E-state index in [4.69, 9.17) is 0 Å². The van der Waals surface area contributed by atoms with Crippen LogP contribution in [0.2, 0.25) is 0 Å². The topological polar surface area (TPSA) is 50.3 Å². The first-order chi connectivity index (χ1) is 12.1. The molecule has 130 valence electrons. The molecule has 0 N–H and O–H groups in total. The fraction of sp³-hybridized carbons (Fsp3) is 0.350. The number of aromatic nitrogens is 1. The summed E-state index contributed by atoms with van der Waals surface area (Å²) in [7, 11) is 0. The van der Waals surface area contributed by atoms with Gasteiger partial charge in [-0.3, -0.25) is 14.6 Å². The van der Waals surface area contributed by atoms with Crippen molar-refractivity contribution in [1.82, 2.24) is 9.88 Å². The third kappa shape index (κ3) is 4.54. The maximum Gasteiger partial charge on any atom is 0.223 e. The predicted octanol–water partition coefficient (Wildman–Crippen LogP) is 4.56. The van der Waals surface area contributed by atoms with Crippen molar-refractivity contribution in [1.29, 1.82) is 0 Å². The molecule has 2 aromatic rings. The normalized spacial score (nSPS) is 14.8. The van der Waals surface area contributed by atoms with Crippen molar-refractivity contribution in [2.24, 2.45) is 0 Å². The molecule has 1 aromatic carbocycles. The number of amides is 1. The Balaban J connectivity index is 1.63. The molecule has 1 heterocycles. The maximum absolute atomic E-state index is 12.8. The molecule has 1 aliphatic rings. The van der Waals surface area contributed by atoms with Crippen molar-refractivity contribution < 1.29 is 9.59 Å². The second-order valence-electron chi connectivity index (χ2n) is 6.39. The van der Waals surface area contributed by atoms with Gasteiger partial charge < -0.3 is 4.90 Å². The van der Waals surface area contributed by atoms with Crippen LogP contribution in [0, 0.1) is 0 Å². The summed E-state index contributed by atoms with van der Waals surface area (Å²) in [5.74, 6) is 0.0354. The Kier molecular flexibility index (Phi) is 5.63. The Morgan fingerprint density at radius 3 is 2.48 bits per heavy atom. The molecule has 0 spiro atoms. The Labute approximate surface area is 156 Å². The van der Waals surface area contributed by atoms with Crippen molar-refractivity contribution in [2.75, 3.05) is 0 Å². The number of Topliss-reactive ketones (excluding diaryl/α,β-unsaturated/α-hetero) is 1. The van der Waals surface area contributed by atoms with E-state index in [-0.39, 0.29) is 36.6 Å². The van der Waals surface area contributed by atoms with Crippen molar-refractivity contribution >= 4 is 27.6 Å². The molecular formula is C20H21BrN2O2. The van der Waals surface area contributed by atoms with Crippen LogP contribution in [-0.2, 0) is 4.79 Å². The van der Waals surface area contributed by atoms with Crippen LogP contribution >= 0.6 is 15.9 Å². The van der Waals surface area contributed by atoms with E-state index in [1.807, 2.05) is 42.2 Å². The Bertz CT molecular complexity index is 742. The monoisotopic (exact) mass is 400 g/mol. The van der Waals surface area contributed by atoms with Crippen LogP contribution in [0.4, 0.5) is 0 Å². The van der Waals surface area contributed by atoms with E-state index >= 15 is 0 Å².